The smallest absolute Gasteiger partial charge is 0.213 e. The van der Waals surface area contributed by atoms with Crippen molar-refractivity contribution in [1.29, 1.82) is 0 Å². The molecule has 1 aromatic carbocycles. The summed E-state index contributed by atoms with van der Waals surface area (Å²) in [6.45, 7) is 1.26. The number of ether oxygens (including phenoxy) is 2. The van der Waals surface area contributed by atoms with Crippen LogP contribution in [0.15, 0.2) is 28.7 Å². The minimum absolute atomic E-state index is 0.0210. The molecule has 0 aliphatic carbocycles. The van der Waals surface area contributed by atoms with Crippen LogP contribution in [0.5, 0.6) is 11.5 Å². The second-order valence-corrected chi connectivity index (χ2v) is 6.74. The number of aromatic nitrogens is 3. The van der Waals surface area contributed by atoms with E-state index in [4.69, 9.17) is 9.47 Å². The predicted molar refractivity (Wildman–Crippen MR) is 79.1 cm³/mol. The van der Waals surface area contributed by atoms with Gasteiger partial charge in [-0.25, -0.2) is 9.50 Å². The van der Waals surface area contributed by atoms with E-state index in [0.717, 1.165) is 29.1 Å². The molecule has 2 aromatic heterocycles. The largest absolute Gasteiger partial charge is 0.767 e. The van der Waals surface area contributed by atoms with E-state index in [-0.39, 0.29) is 4.34 Å². The van der Waals surface area contributed by atoms with Crippen LogP contribution in [0.25, 0.3) is 16.2 Å². The summed E-state index contributed by atoms with van der Waals surface area (Å²) in [6.07, 6.45) is 2.55. The number of nitrogens with zero attached hydrogens (tertiary/aromatic N) is 3. The standard InChI is InChI=1S/C13H11N3O4S2/c17-22(18)13-15-16-7-9(14-12(16)21-13)8-2-3-10-11(6-8)20-5-1-4-19-10/h2-3,6-7H,1,4-5H2,(H,17,18)/p-1. The lowest BCUT2D eigenvalue weighted by Gasteiger charge is -2.07. The first-order valence-electron chi connectivity index (χ1n) is 6.56. The maximum atomic E-state index is 10.9. The van der Waals surface area contributed by atoms with Gasteiger partial charge in [0.25, 0.3) is 0 Å². The average Bonchev–Trinajstić information content (AvgIpc) is 2.98. The number of rotatable bonds is 2. The normalized spacial score (nSPS) is 15.7. The minimum atomic E-state index is -2.33. The van der Waals surface area contributed by atoms with Gasteiger partial charge in [-0.1, -0.05) is 11.3 Å². The van der Waals surface area contributed by atoms with Gasteiger partial charge in [0.15, 0.2) is 15.8 Å². The SMILES string of the molecule is O=S([O-])c1nn2cc(-c3ccc4c(c3)OCCCO4)nc2s1. The second kappa shape index (κ2) is 5.34. The highest BCUT2D eigenvalue weighted by atomic mass is 32.2. The van der Waals surface area contributed by atoms with Gasteiger partial charge >= 0.3 is 0 Å². The van der Waals surface area contributed by atoms with E-state index in [2.05, 4.69) is 10.1 Å². The van der Waals surface area contributed by atoms with Crippen molar-refractivity contribution in [2.45, 2.75) is 10.8 Å². The Labute approximate surface area is 131 Å². The van der Waals surface area contributed by atoms with Crippen molar-refractivity contribution >= 4 is 27.4 Å². The first kappa shape index (κ1) is 13.7. The molecular formula is C13H10N3O4S2-. The molecule has 1 atom stereocenters. The zero-order chi connectivity index (χ0) is 15.1. The Morgan fingerprint density at radius 3 is 2.86 bits per heavy atom. The van der Waals surface area contributed by atoms with Crippen molar-refractivity contribution in [3.05, 3.63) is 24.4 Å². The highest BCUT2D eigenvalue weighted by Crippen LogP contribution is 2.34. The molecule has 1 aliphatic heterocycles. The fraction of sp³-hybridized carbons (Fsp3) is 0.231. The van der Waals surface area contributed by atoms with Crippen molar-refractivity contribution < 1.29 is 18.2 Å². The topological polar surface area (TPSA) is 88.8 Å². The highest BCUT2D eigenvalue weighted by Gasteiger charge is 2.14. The molecule has 22 heavy (non-hydrogen) atoms. The van der Waals surface area contributed by atoms with Crippen molar-refractivity contribution in [3.8, 4) is 22.8 Å². The van der Waals surface area contributed by atoms with E-state index >= 15 is 0 Å². The first-order chi connectivity index (χ1) is 10.7. The van der Waals surface area contributed by atoms with Crippen molar-refractivity contribution in [3.63, 3.8) is 0 Å². The Kier molecular flexibility index (Phi) is 3.32. The summed E-state index contributed by atoms with van der Waals surface area (Å²) in [7, 11) is 0. The molecule has 114 valence electrons. The van der Waals surface area contributed by atoms with Crippen molar-refractivity contribution in [2.24, 2.45) is 0 Å². The minimum Gasteiger partial charge on any atom is -0.767 e. The van der Waals surface area contributed by atoms with Gasteiger partial charge in [0, 0.05) is 23.1 Å². The molecule has 0 N–H and O–H groups in total. The summed E-state index contributed by atoms with van der Waals surface area (Å²) in [4.78, 5) is 4.94. The van der Waals surface area contributed by atoms with E-state index in [1.165, 1.54) is 4.52 Å². The van der Waals surface area contributed by atoms with Crippen LogP contribution in [0.1, 0.15) is 6.42 Å². The third-order valence-corrected chi connectivity index (χ3v) is 4.95. The van der Waals surface area contributed by atoms with Crippen LogP contribution >= 0.6 is 11.3 Å². The van der Waals surface area contributed by atoms with Crippen LogP contribution in [-0.2, 0) is 11.1 Å². The van der Waals surface area contributed by atoms with Crippen LogP contribution in [0, 0.1) is 0 Å². The zero-order valence-electron chi connectivity index (χ0n) is 11.2. The van der Waals surface area contributed by atoms with Gasteiger partial charge < -0.3 is 14.0 Å². The predicted octanol–water partition coefficient (Wildman–Crippen LogP) is 1.86. The van der Waals surface area contributed by atoms with Crippen LogP contribution in [-0.4, -0.2) is 36.6 Å². The quantitative estimate of drug-likeness (QED) is 0.664. The summed E-state index contributed by atoms with van der Waals surface area (Å²) < 4.78 is 34.5. The van der Waals surface area contributed by atoms with Gasteiger partial charge in [-0.2, -0.15) is 0 Å². The molecule has 0 radical (unpaired) electrons. The van der Waals surface area contributed by atoms with E-state index in [1.807, 2.05) is 18.2 Å². The maximum Gasteiger partial charge on any atom is 0.213 e. The Balaban J connectivity index is 1.73. The first-order valence-corrected chi connectivity index (χ1v) is 8.45. The molecule has 3 aromatic rings. The van der Waals surface area contributed by atoms with E-state index in [1.54, 1.807) is 6.20 Å². The number of hydrogen-bond donors (Lipinski definition) is 0. The molecule has 1 unspecified atom stereocenters. The van der Waals surface area contributed by atoms with Gasteiger partial charge in [0.05, 0.1) is 25.1 Å². The summed E-state index contributed by atoms with van der Waals surface area (Å²) in [5, 5.41) is 3.96. The molecule has 0 bridgehead atoms. The summed E-state index contributed by atoms with van der Waals surface area (Å²) in [6, 6.07) is 5.63. The zero-order valence-corrected chi connectivity index (χ0v) is 12.9. The molecular weight excluding hydrogens is 326 g/mol. The van der Waals surface area contributed by atoms with Crippen molar-refractivity contribution in [1.82, 2.24) is 14.6 Å². The van der Waals surface area contributed by atoms with Gasteiger partial charge in [0.2, 0.25) is 4.96 Å². The third kappa shape index (κ3) is 2.36. The molecule has 0 amide bonds. The van der Waals surface area contributed by atoms with Crippen molar-refractivity contribution in [2.75, 3.05) is 13.2 Å². The lowest BCUT2D eigenvalue weighted by atomic mass is 10.1. The Morgan fingerprint density at radius 2 is 2.09 bits per heavy atom. The molecule has 1 aliphatic rings. The van der Waals surface area contributed by atoms with Gasteiger partial charge in [-0.05, 0) is 18.2 Å². The van der Waals surface area contributed by atoms with Gasteiger partial charge in [0.1, 0.15) is 0 Å². The second-order valence-electron chi connectivity index (χ2n) is 4.67. The maximum absolute atomic E-state index is 10.9. The molecule has 0 spiro atoms. The van der Waals surface area contributed by atoms with E-state index < -0.39 is 11.1 Å². The Bertz CT molecular complexity index is 842. The van der Waals surface area contributed by atoms with Gasteiger partial charge in [-0.15, -0.1) is 5.10 Å². The number of hydrogen-bond acceptors (Lipinski definition) is 7. The fourth-order valence-electron chi connectivity index (χ4n) is 2.21. The lowest BCUT2D eigenvalue weighted by molar-refractivity contribution is 0.297. The fourth-order valence-corrected chi connectivity index (χ4v) is 3.48. The summed E-state index contributed by atoms with van der Waals surface area (Å²) in [5.74, 6) is 1.42. The van der Waals surface area contributed by atoms with E-state index in [0.29, 0.717) is 29.6 Å². The highest BCUT2D eigenvalue weighted by molar-refractivity contribution is 7.81. The number of benzene rings is 1. The van der Waals surface area contributed by atoms with Crippen LogP contribution in [0.2, 0.25) is 0 Å². The summed E-state index contributed by atoms with van der Waals surface area (Å²) in [5.41, 5.74) is 1.57. The van der Waals surface area contributed by atoms with E-state index in [9.17, 15) is 8.76 Å². The molecule has 9 heteroatoms. The third-order valence-electron chi connectivity index (χ3n) is 3.21. The molecule has 3 heterocycles. The number of fused-ring (bicyclic) bond motifs is 2. The van der Waals surface area contributed by atoms with Crippen LogP contribution < -0.4 is 9.47 Å². The molecule has 4 rings (SSSR count). The Hall–Kier alpha value is -1.97. The molecule has 7 nitrogen and oxygen atoms in total. The van der Waals surface area contributed by atoms with Crippen LogP contribution in [0.3, 0.4) is 0 Å². The molecule has 0 fully saturated rings. The monoisotopic (exact) mass is 336 g/mol. The lowest BCUT2D eigenvalue weighted by Crippen LogP contribution is -1.97. The molecule has 0 saturated heterocycles. The molecule has 0 saturated carbocycles. The van der Waals surface area contributed by atoms with Gasteiger partial charge in [-0.3, -0.25) is 4.21 Å². The summed E-state index contributed by atoms with van der Waals surface area (Å²) >= 11 is -1.31. The average molecular weight is 336 g/mol. The number of imidazole rings is 1. The Morgan fingerprint density at radius 1 is 1.27 bits per heavy atom. The van der Waals surface area contributed by atoms with Crippen LogP contribution in [0.4, 0.5) is 0 Å².